The summed E-state index contributed by atoms with van der Waals surface area (Å²) in [6.45, 7) is 2.94. The van der Waals surface area contributed by atoms with Gasteiger partial charge in [-0.1, -0.05) is 47.5 Å². The van der Waals surface area contributed by atoms with Crippen LogP contribution in [0.1, 0.15) is 52.0 Å². The number of methoxy groups -OCH3 is 3. The summed E-state index contributed by atoms with van der Waals surface area (Å²) >= 11 is 12.9. The van der Waals surface area contributed by atoms with Crippen LogP contribution >= 0.6 is 23.2 Å². The minimum absolute atomic E-state index is 0.0778. The second-order valence-electron chi connectivity index (χ2n) is 14.4. The van der Waals surface area contributed by atoms with Gasteiger partial charge in [0.05, 0.1) is 31.4 Å². The quantitative estimate of drug-likeness (QED) is 0.155. The van der Waals surface area contributed by atoms with E-state index in [9.17, 15) is 18.8 Å². The Bertz CT molecular complexity index is 2050. The standard InChI is InChI=1S/C42H43Cl2FN4O6/c1-53-35-23-29(24-36(54-2)37(35)55-3)38(50)47-22-16-41(26-47,30-9-14-33(43)34(44)25-30)15-19-46-20-17-42(18-21-46)40(52)48(39(51)28-7-5-4-6-8-28)27-49(42)32-12-10-31(45)11-13-32/h4-14,23-25H,15-22,26-27H2,1-3H3. The highest BCUT2D eigenvalue weighted by Gasteiger charge is 2.55. The summed E-state index contributed by atoms with van der Waals surface area (Å²) < 4.78 is 30.5. The van der Waals surface area contributed by atoms with Crippen LogP contribution in [0.5, 0.6) is 17.2 Å². The van der Waals surface area contributed by atoms with Crippen molar-refractivity contribution in [2.45, 2.75) is 36.6 Å². The van der Waals surface area contributed by atoms with Gasteiger partial charge in [-0.05, 0) is 98.5 Å². The Morgan fingerprint density at radius 1 is 0.764 bits per heavy atom. The molecule has 1 atom stereocenters. The molecule has 4 aromatic rings. The van der Waals surface area contributed by atoms with Gasteiger partial charge >= 0.3 is 0 Å². The van der Waals surface area contributed by atoms with Crippen molar-refractivity contribution in [3.8, 4) is 17.2 Å². The van der Waals surface area contributed by atoms with Gasteiger partial charge in [-0.25, -0.2) is 4.39 Å². The van der Waals surface area contributed by atoms with Gasteiger partial charge in [-0.3, -0.25) is 19.3 Å². The number of hydrogen-bond acceptors (Lipinski definition) is 8. The Morgan fingerprint density at radius 3 is 2.05 bits per heavy atom. The average molecular weight is 790 g/mol. The first-order valence-corrected chi connectivity index (χ1v) is 19.0. The number of ether oxygens (including phenoxy) is 3. The molecule has 0 N–H and O–H groups in total. The topological polar surface area (TPSA) is 91.9 Å². The van der Waals surface area contributed by atoms with Gasteiger partial charge in [0.1, 0.15) is 18.0 Å². The molecule has 0 aromatic heterocycles. The molecule has 3 amide bonds. The Kier molecular flexibility index (Phi) is 11.0. The third-order valence-corrected chi connectivity index (χ3v) is 12.3. The highest BCUT2D eigenvalue weighted by molar-refractivity contribution is 6.42. The third-order valence-electron chi connectivity index (χ3n) is 11.5. The van der Waals surface area contributed by atoms with Gasteiger partial charge in [0, 0.05) is 48.4 Å². The molecule has 0 bridgehead atoms. The number of nitrogens with zero attached hydrogens (tertiary/aromatic N) is 4. The molecule has 7 rings (SSSR count). The molecule has 10 nitrogen and oxygen atoms in total. The molecule has 0 radical (unpaired) electrons. The monoisotopic (exact) mass is 788 g/mol. The van der Waals surface area contributed by atoms with Crippen LogP contribution in [0.2, 0.25) is 10.0 Å². The molecule has 0 saturated carbocycles. The molecule has 3 aliphatic heterocycles. The summed E-state index contributed by atoms with van der Waals surface area (Å²) in [7, 11) is 4.55. The minimum Gasteiger partial charge on any atom is -0.493 e. The van der Waals surface area contributed by atoms with E-state index in [4.69, 9.17) is 37.4 Å². The van der Waals surface area contributed by atoms with Crippen LogP contribution in [0.25, 0.3) is 0 Å². The van der Waals surface area contributed by atoms with Crippen LogP contribution in [0.3, 0.4) is 0 Å². The van der Waals surface area contributed by atoms with Crippen molar-refractivity contribution in [3.05, 3.63) is 117 Å². The van der Waals surface area contributed by atoms with Crippen molar-refractivity contribution < 1.29 is 33.0 Å². The maximum atomic E-state index is 14.3. The summed E-state index contributed by atoms with van der Waals surface area (Å²) in [5.41, 5.74) is 1.16. The van der Waals surface area contributed by atoms with Crippen LogP contribution in [-0.2, 0) is 10.2 Å². The lowest BCUT2D eigenvalue weighted by atomic mass is 9.76. The molecule has 3 saturated heterocycles. The first-order chi connectivity index (χ1) is 26.5. The summed E-state index contributed by atoms with van der Waals surface area (Å²) in [5, 5.41) is 0.903. The number of imide groups is 1. The van der Waals surface area contributed by atoms with E-state index in [0.29, 0.717) is 103 Å². The predicted octanol–water partition coefficient (Wildman–Crippen LogP) is 7.31. The van der Waals surface area contributed by atoms with Gasteiger partial charge in [0.15, 0.2) is 11.5 Å². The van der Waals surface area contributed by atoms with Crippen LogP contribution in [0.4, 0.5) is 10.1 Å². The fourth-order valence-corrected chi connectivity index (χ4v) is 8.69. The van der Waals surface area contributed by atoms with Gasteiger partial charge in [-0.2, -0.15) is 0 Å². The van der Waals surface area contributed by atoms with E-state index in [-0.39, 0.29) is 30.2 Å². The number of likely N-dealkylation sites (tertiary alicyclic amines) is 2. The van der Waals surface area contributed by atoms with Crippen molar-refractivity contribution in [3.63, 3.8) is 0 Å². The van der Waals surface area contributed by atoms with Crippen LogP contribution < -0.4 is 19.1 Å². The number of piperidine rings is 1. The smallest absolute Gasteiger partial charge is 0.262 e. The van der Waals surface area contributed by atoms with Gasteiger partial charge in [0.2, 0.25) is 5.75 Å². The van der Waals surface area contributed by atoms with Crippen LogP contribution in [-0.4, -0.2) is 98.7 Å². The zero-order valence-corrected chi connectivity index (χ0v) is 32.5. The zero-order valence-electron chi connectivity index (χ0n) is 31.0. The second-order valence-corrected chi connectivity index (χ2v) is 15.2. The van der Waals surface area contributed by atoms with Gasteiger partial charge < -0.3 is 28.9 Å². The normalized spacial score (nSPS) is 19.6. The number of rotatable bonds is 10. The lowest BCUT2D eigenvalue weighted by molar-refractivity contribution is -0.131. The summed E-state index contributed by atoms with van der Waals surface area (Å²) in [4.78, 5) is 49.5. The fourth-order valence-electron chi connectivity index (χ4n) is 8.40. The Morgan fingerprint density at radius 2 is 1.44 bits per heavy atom. The number of carbonyl (C=O) groups is 3. The molecule has 13 heteroatoms. The lowest BCUT2D eigenvalue weighted by Gasteiger charge is -2.44. The van der Waals surface area contributed by atoms with E-state index in [1.54, 1.807) is 54.6 Å². The molecule has 3 aliphatic rings. The first-order valence-electron chi connectivity index (χ1n) is 18.2. The number of anilines is 1. The van der Waals surface area contributed by atoms with Crippen molar-refractivity contribution in [1.29, 1.82) is 0 Å². The molecule has 0 aliphatic carbocycles. The minimum atomic E-state index is -0.961. The summed E-state index contributed by atoms with van der Waals surface area (Å²) in [6, 6.07) is 23.9. The number of halogens is 3. The van der Waals surface area contributed by atoms with Crippen molar-refractivity contribution in [2.24, 2.45) is 0 Å². The molecule has 4 aromatic carbocycles. The maximum Gasteiger partial charge on any atom is 0.262 e. The predicted molar refractivity (Wildman–Crippen MR) is 209 cm³/mol. The largest absolute Gasteiger partial charge is 0.493 e. The summed E-state index contributed by atoms with van der Waals surface area (Å²) in [5.74, 6) is 0.0793. The van der Waals surface area contributed by atoms with Crippen LogP contribution in [0, 0.1) is 5.82 Å². The third kappa shape index (κ3) is 7.21. The molecule has 3 heterocycles. The average Bonchev–Trinajstić information content (AvgIpc) is 3.78. The summed E-state index contributed by atoms with van der Waals surface area (Å²) in [6.07, 6.45) is 2.37. The molecule has 1 spiro atoms. The first kappa shape index (κ1) is 38.4. The number of hydrogen-bond donors (Lipinski definition) is 0. The van der Waals surface area contributed by atoms with Gasteiger partial charge in [0.25, 0.3) is 17.7 Å². The van der Waals surface area contributed by atoms with Crippen LogP contribution in [0.15, 0.2) is 84.9 Å². The Labute approximate surface area is 330 Å². The van der Waals surface area contributed by atoms with Crippen molar-refractivity contribution >= 4 is 46.6 Å². The fraction of sp³-hybridized carbons (Fsp3) is 0.357. The zero-order chi connectivity index (χ0) is 38.9. The molecular weight excluding hydrogens is 746 g/mol. The van der Waals surface area contributed by atoms with E-state index in [1.807, 2.05) is 28.0 Å². The van der Waals surface area contributed by atoms with Gasteiger partial charge in [-0.15, -0.1) is 0 Å². The Balaban J connectivity index is 1.11. The van der Waals surface area contributed by atoms with E-state index >= 15 is 0 Å². The SMILES string of the molecule is COc1cc(C(=O)N2CCC(CCN3CCC4(CC3)C(=O)N(C(=O)c3ccccc3)CN4c3ccc(F)cc3)(c3ccc(Cl)c(Cl)c3)C2)cc(OC)c1OC. The maximum absolute atomic E-state index is 14.3. The van der Waals surface area contributed by atoms with Crippen molar-refractivity contribution in [1.82, 2.24) is 14.7 Å². The van der Waals surface area contributed by atoms with E-state index in [2.05, 4.69) is 4.90 Å². The van der Waals surface area contributed by atoms with E-state index < -0.39 is 11.0 Å². The highest BCUT2D eigenvalue weighted by atomic mass is 35.5. The number of amides is 3. The number of carbonyl (C=O) groups excluding carboxylic acids is 3. The van der Waals surface area contributed by atoms with E-state index in [0.717, 1.165) is 5.56 Å². The number of benzene rings is 4. The lowest BCUT2D eigenvalue weighted by Crippen LogP contribution is -2.57. The molecular formula is C42H43Cl2FN4O6. The second kappa shape index (κ2) is 15.7. The van der Waals surface area contributed by atoms with Crippen molar-refractivity contribution in [2.75, 3.05) is 65.6 Å². The molecule has 288 valence electrons. The molecule has 1 unspecified atom stereocenters. The highest BCUT2D eigenvalue weighted by Crippen LogP contribution is 2.44. The molecule has 3 fully saturated rings. The Hall–Kier alpha value is -4.84. The molecule has 55 heavy (non-hydrogen) atoms. The van der Waals surface area contributed by atoms with E-state index in [1.165, 1.54) is 38.4 Å².